The first-order valence-electron chi connectivity index (χ1n) is 15.1. The lowest BCUT2D eigenvalue weighted by Gasteiger charge is -2.17. The van der Waals surface area contributed by atoms with Crippen molar-refractivity contribution in [1.82, 2.24) is 20.7 Å². The van der Waals surface area contributed by atoms with Crippen LogP contribution in [0.5, 0.6) is 0 Å². The van der Waals surface area contributed by atoms with Crippen molar-refractivity contribution in [2.45, 2.75) is 59.3 Å². The number of aromatic nitrogens is 1. The summed E-state index contributed by atoms with van der Waals surface area (Å²) in [6.45, 7) is 11.3. The van der Waals surface area contributed by atoms with Gasteiger partial charge in [-0.3, -0.25) is 10.1 Å². The number of hydroxylamine groups is 1. The van der Waals surface area contributed by atoms with Gasteiger partial charge in [0.05, 0.1) is 6.04 Å². The summed E-state index contributed by atoms with van der Waals surface area (Å²) in [6, 6.07) is 30.8. The third-order valence-corrected chi connectivity index (χ3v) is 8.74. The van der Waals surface area contributed by atoms with Crippen LogP contribution in [-0.4, -0.2) is 16.6 Å². The number of hydrogen-bond acceptors (Lipinski definition) is 4. The summed E-state index contributed by atoms with van der Waals surface area (Å²) in [7, 11) is 0. The van der Waals surface area contributed by atoms with Crippen molar-refractivity contribution in [2.24, 2.45) is 0 Å². The van der Waals surface area contributed by atoms with E-state index < -0.39 is 12.3 Å². The largest absolute Gasteiger partial charge is 0.427 e. The molecule has 1 unspecified atom stereocenters. The zero-order chi connectivity index (χ0) is 31.0. The minimum Gasteiger partial charge on any atom is -0.351 e. The molecular formula is C37H38N4O3. The van der Waals surface area contributed by atoms with E-state index >= 15 is 0 Å². The van der Waals surface area contributed by atoms with E-state index in [0.29, 0.717) is 18.0 Å². The second-order valence-electron chi connectivity index (χ2n) is 11.9. The molecule has 7 heteroatoms. The highest BCUT2D eigenvalue weighted by Crippen LogP contribution is 2.31. The maximum absolute atomic E-state index is 13.3. The van der Waals surface area contributed by atoms with Crippen molar-refractivity contribution in [3.8, 4) is 11.1 Å². The minimum absolute atomic E-state index is 0.0750. The lowest BCUT2D eigenvalue weighted by molar-refractivity contribution is 0.0940. The fourth-order valence-corrected chi connectivity index (χ4v) is 5.96. The molecule has 2 heterocycles. The van der Waals surface area contributed by atoms with Gasteiger partial charge >= 0.3 is 6.09 Å². The van der Waals surface area contributed by atoms with Crippen molar-refractivity contribution in [2.75, 3.05) is 0 Å². The van der Waals surface area contributed by atoms with Gasteiger partial charge in [-0.05, 0) is 83.8 Å². The molecule has 0 saturated carbocycles. The van der Waals surface area contributed by atoms with Crippen LogP contribution in [-0.2, 0) is 11.4 Å². The number of hydrogen-bond donors (Lipinski definition) is 3. The molecule has 4 aromatic carbocycles. The van der Waals surface area contributed by atoms with Gasteiger partial charge in [0.1, 0.15) is 6.17 Å². The number of nitrogens with zero attached hydrogens (tertiary/aromatic N) is 1. The van der Waals surface area contributed by atoms with Gasteiger partial charge in [-0.15, -0.1) is 5.48 Å². The number of nitrogens with one attached hydrogen (secondary N) is 3. The van der Waals surface area contributed by atoms with Crippen LogP contribution in [0.3, 0.4) is 0 Å². The zero-order valence-electron chi connectivity index (χ0n) is 25.8. The van der Waals surface area contributed by atoms with Gasteiger partial charge in [-0.2, -0.15) is 0 Å². The highest BCUT2D eigenvalue weighted by atomic mass is 16.7. The zero-order valence-corrected chi connectivity index (χ0v) is 25.8. The van der Waals surface area contributed by atoms with Crippen molar-refractivity contribution in [3.63, 3.8) is 0 Å². The molecule has 1 aliphatic heterocycles. The van der Waals surface area contributed by atoms with Crippen LogP contribution in [0.4, 0.5) is 4.79 Å². The molecule has 7 nitrogen and oxygen atoms in total. The normalized spacial score (nSPS) is 15.3. The van der Waals surface area contributed by atoms with Crippen LogP contribution >= 0.6 is 0 Å². The van der Waals surface area contributed by atoms with Crippen molar-refractivity contribution < 1.29 is 14.4 Å². The number of carbonyl (C=O) groups is 2. The standard InChI is InChI=1S/C37H38N4O3/c1-22(2)28-9-8-10-29(19-28)24(4)38-36(42)30-17-18-34-33(20-30)23(3)25(5)41(34)21-26-13-15-27(16-14-26)31-11-6-7-12-32(31)35-39-37(43)44-40-35/h6-20,22,24,35,40H,21H2,1-5H3,(H,38,42)(H,39,43)/t24-,35?/m0/s1. The number of aryl methyl sites for hydroxylation is 1. The van der Waals surface area contributed by atoms with Gasteiger partial charge < -0.3 is 14.7 Å². The lowest BCUT2D eigenvalue weighted by Crippen LogP contribution is -2.26. The van der Waals surface area contributed by atoms with E-state index in [0.717, 1.165) is 33.2 Å². The number of rotatable bonds is 8. The fourth-order valence-electron chi connectivity index (χ4n) is 5.96. The van der Waals surface area contributed by atoms with Gasteiger partial charge in [-0.25, -0.2) is 4.79 Å². The molecule has 1 aliphatic rings. The van der Waals surface area contributed by atoms with E-state index in [-0.39, 0.29) is 11.9 Å². The molecule has 6 rings (SSSR count). The molecule has 224 valence electrons. The Morgan fingerprint density at radius 1 is 0.909 bits per heavy atom. The molecule has 44 heavy (non-hydrogen) atoms. The highest BCUT2D eigenvalue weighted by molar-refractivity contribution is 5.99. The third-order valence-electron chi connectivity index (χ3n) is 8.74. The highest BCUT2D eigenvalue weighted by Gasteiger charge is 2.25. The van der Waals surface area contributed by atoms with Crippen LogP contribution in [0.1, 0.15) is 82.8 Å². The smallest absolute Gasteiger partial charge is 0.351 e. The maximum atomic E-state index is 13.3. The predicted octanol–water partition coefficient (Wildman–Crippen LogP) is 7.83. The average molecular weight is 587 g/mol. The van der Waals surface area contributed by atoms with Gasteiger partial charge in [0, 0.05) is 28.7 Å². The van der Waals surface area contributed by atoms with Gasteiger partial charge in [-0.1, -0.05) is 86.6 Å². The fraction of sp³-hybridized carbons (Fsp3) is 0.243. The van der Waals surface area contributed by atoms with Crippen molar-refractivity contribution in [1.29, 1.82) is 0 Å². The molecule has 2 amide bonds. The average Bonchev–Trinajstić information content (AvgIpc) is 3.57. The predicted molar refractivity (Wildman–Crippen MR) is 174 cm³/mol. The SMILES string of the molecule is Cc1c(C)n(Cc2ccc(-c3ccccc3C3NOC(=O)N3)cc2)c2ccc(C(=O)N[C@@H](C)c3cccc(C(C)C)c3)cc12. The number of benzene rings is 4. The summed E-state index contributed by atoms with van der Waals surface area (Å²) in [5.41, 5.74) is 13.4. The van der Waals surface area contributed by atoms with Crippen molar-refractivity contribution >= 4 is 22.9 Å². The van der Waals surface area contributed by atoms with Crippen molar-refractivity contribution in [3.05, 3.63) is 130 Å². The lowest BCUT2D eigenvalue weighted by atomic mass is 9.97. The van der Waals surface area contributed by atoms with E-state index in [1.165, 1.54) is 22.4 Å². The summed E-state index contributed by atoms with van der Waals surface area (Å²) in [4.78, 5) is 29.8. The van der Waals surface area contributed by atoms with Crippen LogP contribution in [0.2, 0.25) is 0 Å². The second-order valence-corrected chi connectivity index (χ2v) is 11.9. The van der Waals surface area contributed by atoms with Gasteiger partial charge in [0.25, 0.3) is 5.91 Å². The monoisotopic (exact) mass is 586 g/mol. The molecule has 1 saturated heterocycles. The minimum atomic E-state index is -0.487. The van der Waals surface area contributed by atoms with E-state index in [1.807, 2.05) is 43.3 Å². The van der Waals surface area contributed by atoms with Crippen LogP contribution < -0.4 is 16.1 Å². The Kier molecular flexibility index (Phi) is 7.97. The Morgan fingerprint density at radius 2 is 1.66 bits per heavy atom. The first-order valence-corrected chi connectivity index (χ1v) is 15.1. The summed E-state index contributed by atoms with van der Waals surface area (Å²) in [5, 5.41) is 7.06. The molecule has 0 aliphatic carbocycles. The molecule has 1 aromatic heterocycles. The van der Waals surface area contributed by atoms with E-state index in [1.54, 1.807) is 0 Å². The Morgan fingerprint density at radius 3 is 2.39 bits per heavy atom. The maximum Gasteiger partial charge on any atom is 0.427 e. The molecule has 3 N–H and O–H groups in total. The number of amides is 2. The number of carbonyl (C=O) groups excluding carboxylic acids is 2. The summed E-state index contributed by atoms with van der Waals surface area (Å²) >= 11 is 0. The van der Waals surface area contributed by atoms with E-state index in [9.17, 15) is 9.59 Å². The molecule has 0 spiro atoms. The first kappa shape index (κ1) is 29.2. The van der Waals surface area contributed by atoms with Gasteiger partial charge in [0.15, 0.2) is 0 Å². The van der Waals surface area contributed by atoms with Crippen LogP contribution in [0.15, 0.2) is 91.0 Å². The Balaban J connectivity index is 1.21. The third kappa shape index (κ3) is 5.71. The quantitative estimate of drug-likeness (QED) is 0.173. The topological polar surface area (TPSA) is 84.4 Å². The Bertz CT molecular complexity index is 1860. The second kappa shape index (κ2) is 12.0. The van der Waals surface area contributed by atoms with Gasteiger partial charge in [0.2, 0.25) is 0 Å². The van der Waals surface area contributed by atoms with E-state index in [2.05, 4.69) is 103 Å². The molecular weight excluding hydrogens is 548 g/mol. The summed E-state index contributed by atoms with van der Waals surface area (Å²) < 4.78 is 2.31. The molecule has 2 atom stereocenters. The first-order chi connectivity index (χ1) is 21.2. The summed E-state index contributed by atoms with van der Waals surface area (Å²) in [5.74, 6) is 0.361. The van der Waals surface area contributed by atoms with Crippen LogP contribution in [0, 0.1) is 13.8 Å². The molecule has 0 bridgehead atoms. The molecule has 1 fully saturated rings. The number of fused-ring (bicyclic) bond motifs is 1. The summed E-state index contributed by atoms with van der Waals surface area (Å²) in [6.07, 6.45) is -0.888. The van der Waals surface area contributed by atoms with E-state index in [4.69, 9.17) is 4.84 Å². The Labute approximate surface area is 258 Å². The molecule has 5 aromatic rings. The van der Waals surface area contributed by atoms with Crippen LogP contribution in [0.25, 0.3) is 22.0 Å². The molecule has 0 radical (unpaired) electrons. The Hall–Kier alpha value is -4.88.